The van der Waals surface area contributed by atoms with E-state index in [9.17, 15) is 18.4 Å². The van der Waals surface area contributed by atoms with Crippen molar-refractivity contribution in [3.63, 3.8) is 0 Å². The van der Waals surface area contributed by atoms with Gasteiger partial charge in [-0.1, -0.05) is 23.2 Å². The summed E-state index contributed by atoms with van der Waals surface area (Å²) >= 11 is 18.3. The summed E-state index contributed by atoms with van der Waals surface area (Å²) < 4.78 is 29.8. The van der Waals surface area contributed by atoms with Crippen LogP contribution in [0.25, 0.3) is 11.3 Å². The van der Waals surface area contributed by atoms with E-state index >= 15 is 0 Å². The van der Waals surface area contributed by atoms with E-state index in [2.05, 4.69) is 72.6 Å². The number of halogens is 6. The van der Waals surface area contributed by atoms with Gasteiger partial charge in [0.05, 0.1) is 21.3 Å². The molecule has 212 valence electrons. The van der Waals surface area contributed by atoms with Crippen LogP contribution < -0.4 is 10.6 Å². The maximum absolute atomic E-state index is 13.0. The zero-order valence-corrected chi connectivity index (χ0v) is 25.1. The minimum absolute atomic E-state index is 0.172. The Balaban J connectivity index is 0.000000168. The van der Waals surface area contributed by atoms with Gasteiger partial charge in [-0.05, 0) is 56.1 Å². The highest BCUT2D eigenvalue weighted by molar-refractivity contribution is 9.11. The van der Waals surface area contributed by atoms with Gasteiger partial charge in [0.15, 0.2) is 33.0 Å². The lowest BCUT2D eigenvalue weighted by molar-refractivity contribution is 0.101. The largest absolute Gasteiger partial charge is 0.320 e. The Bertz CT molecular complexity index is 1850. The molecule has 6 aromatic rings. The number of aromatic nitrogens is 8. The monoisotopic (exact) mass is 738 g/mol. The fourth-order valence-electron chi connectivity index (χ4n) is 3.47. The Morgan fingerprint density at radius 3 is 1.48 bits per heavy atom. The molecule has 2 N–H and O–H groups in total. The normalized spacial score (nSPS) is 10.8. The van der Waals surface area contributed by atoms with E-state index in [1.807, 2.05) is 0 Å². The van der Waals surface area contributed by atoms with Crippen molar-refractivity contribution in [1.29, 1.82) is 0 Å². The van der Waals surface area contributed by atoms with Gasteiger partial charge in [-0.25, -0.2) is 29.0 Å². The smallest absolute Gasteiger partial charge is 0.276 e. The first-order valence-corrected chi connectivity index (χ1v) is 13.7. The molecule has 0 aliphatic heterocycles. The average Bonchev–Trinajstić information content (AvgIpc) is 3.54. The van der Waals surface area contributed by atoms with Crippen LogP contribution in [0.1, 0.15) is 21.0 Å². The van der Waals surface area contributed by atoms with E-state index in [1.54, 1.807) is 12.1 Å². The Morgan fingerprint density at radius 1 is 0.690 bits per heavy atom. The fourth-order valence-corrected chi connectivity index (χ4v) is 5.07. The van der Waals surface area contributed by atoms with Gasteiger partial charge in [-0.2, -0.15) is 19.0 Å². The van der Waals surface area contributed by atoms with Crippen molar-refractivity contribution in [3.05, 3.63) is 104 Å². The Morgan fingerprint density at radius 2 is 1.10 bits per heavy atom. The summed E-state index contributed by atoms with van der Waals surface area (Å²) in [7, 11) is 0. The number of pyridine rings is 2. The molecule has 0 unspecified atom stereocenters. The van der Waals surface area contributed by atoms with Crippen LogP contribution in [0.5, 0.6) is 0 Å². The van der Waals surface area contributed by atoms with Crippen LogP contribution in [0.3, 0.4) is 0 Å². The molecule has 0 saturated carbocycles. The van der Waals surface area contributed by atoms with Gasteiger partial charge < -0.3 is 10.6 Å². The molecular formula is C24H12Br2Cl2F2N10O2. The van der Waals surface area contributed by atoms with Gasteiger partial charge in [0.1, 0.15) is 0 Å². The van der Waals surface area contributed by atoms with Gasteiger partial charge in [0.2, 0.25) is 11.9 Å². The first-order valence-electron chi connectivity index (χ1n) is 11.3. The standard InChI is InChI=1S/2C12H6BrClFN5O/c2*13-7-4-9(14)19-20-8(5-17-11(7)20)12(21)18-6-1-2-16-10(15)3-6/h2*1-5H,(H,16,18,21). The summed E-state index contributed by atoms with van der Waals surface area (Å²) in [5.74, 6) is -2.35. The van der Waals surface area contributed by atoms with Crippen molar-refractivity contribution in [3.8, 4) is 0 Å². The molecule has 0 fully saturated rings. The van der Waals surface area contributed by atoms with Crippen LogP contribution in [-0.4, -0.2) is 51.0 Å². The zero-order valence-electron chi connectivity index (χ0n) is 20.4. The molecule has 0 spiro atoms. The van der Waals surface area contributed by atoms with E-state index in [0.29, 0.717) is 20.2 Å². The predicted octanol–water partition coefficient (Wildman–Crippen LogP) is 5.86. The molecule has 0 aliphatic carbocycles. The molecule has 0 aromatic carbocycles. The third kappa shape index (κ3) is 6.51. The lowest BCUT2D eigenvalue weighted by Gasteiger charge is -2.05. The number of carbonyl (C=O) groups excluding carboxylic acids is 2. The third-order valence-electron chi connectivity index (χ3n) is 5.22. The summed E-state index contributed by atoms with van der Waals surface area (Å²) in [6.45, 7) is 0. The number of hydrogen-bond donors (Lipinski definition) is 2. The minimum Gasteiger partial charge on any atom is -0.320 e. The molecule has 0 bridgehead atoms. The van der Waals surface area contributed by atoms with Crippen molar-refractivity contribution in [2.24, 2.45) is 0 Å². The third-order valence-corrected chi connectivity index (χ3v) is 6.76. The summed E-state index contributed by atoms with van der Waals surface area (Å²) in [6, 6.07) is 8.31. The topological polar surface area (TPSA) is 144 Å². The SMILES string of the molecule is O=C(Nc1ccnc(F)c1)c1cnc2c(Br)cc(Cl)nn12.O=C(Nc1ccnc(F)c1)c1cnc2c(Br)cc(Cl)nn12. The number of hydrogen-bond acceptors (Lipinski definition) is 8. The van der Waals surface area contributed by atoms with Crippen molar-refractivity contribution >= 4 is 89.5 Å². The maximum Gasteiger partial charge on any atom is 0.276 e. The summed E-state index contributed by atoms with van der Waals surface area (Å²) in [5.41, 5.74) is 1.80. The Hall–Kier alpha value is -4.12. The van der Waals surface area contributed by atoms with Gasteiger partial charge in [0.25, 0.3) is 11.8 Å². The second-order valence-electron chi connectivity index (χ2n) is 8.03. The Labute approximate surface area is 260 Å². The lowest BCUT2D eigenvalue weighted by atomic mass is 10.3. The highest BCUT2D eigenvalue weighted by atomic mass is 79.9. The number of anilines is 2. The molecule has 42 heavy (non-hydrogen) atoms. The van der Waals surface area contributed by atoms with E-state index in [1.165, 1.54) is 46.0 Å². The van der Waals surface area contributed by atoms with Gasteiger partial charge in [0, 0.05) is 35.9 Å². The molecule has 0 atom stereocenters. The Kier molecular flexibility index (Phi) is 8.67. The number of amides is 2. The number of rotatable bonds is 4. The number of fused-ring (bicyclic) bond motifs is 2. The molecule has 0 radical (unpaired) electrons. The van der Waals surface area contributed by atoms with E-state index in [4.69, 9.17) is 23.2 Å². The number of nitrogens with zero attached hydrogens (tertiary/aromatic N) is 8. The quantitative estimate of drug-likeness (QED) is 0.214. The number of imidazole rings is 2. The molecule has 6 heterocycles. The molecule has 6 aromatic heterocycles. The molecule has 0 saturated heterocycles. The van der Waals surface area contributed by atoms with Gasteiger partial charge in [-0.15, -0.1) is 0 Å². The van der Waals surface area contributed by atoms with Crippen molar-refractivity contribution in [1.82, 2.24) is 39.2 Å². The van der Waals surface area contributed by atoms with Gasteiger partial charge >= 0.3 is 0 Å². The highest BCUT2D eigenvalue weighted by Gasteiger charge is 2.17. The minimum atomic E-state index is -0.685. The first-order chi connectivity index (χ1) is 20.1. The van der Waals surface area contributed by atoms with Crippen LogP contribution in [0.15, 0.2) is 70.1 Å². The van der Waals surface area contributed by atoms with Crippen LogP contribution in [0.4, 0.5) is 20.2 Å². The lowest BCUT2D eigenvalue weighted by Crippen LogP contribution is -2.15. The first kappa shape index (κ1) is 29.4. The van der Waals surface area contributed by atoms with Crippen LogP contribution >= 0.6 is 55.1 Å². The second-order valence-corrected chi connectivity index (χ2v) is 10.5. The van der Waals surface area contributed by atoms with Crippen LogP contribution in [-0.2, 0) is 0 Å². The van der Waals surface area contributed by atoms with Crippen molar-refractivity contribution in [2.45, 2.75) is 0 Å². The zero-order chi connectivity index (χ0) is 30.0. The molecule has 2 amide bonds. The summed E-state index contributed by atoms with van der Waals surface area (Å²) in [6.07, 6.45) is 5.23. The van der Waals surface area contributed by atoms with Crippen LogP contribution in [0, 0.1) is 11.9 Å². The predicted molar refractivity (Wildman–Crippen MR) is 156 cm³/mol. The second kappa shape index (κ2) is 12.4. The highest BCUT2D eigenvalue weighted by Crippen LogP contribution is 2.22. The number of nitrogens with one attached hydrogen (secondary N) is 2. The van der Waals surface area contributed by atoms with Crippen LogP contribution in [0.2, 0.25) is 10.3 Å². The van der Waals surface area contributed by atoms with Gasteiger partial charge in [-0.3, -0.25) is 9.59 Å². The molecule has 0 aliphatic rings. The molecule has 12 nitrogen and oxygen atoms in total. The summed E-state index contributed by atoms with van der Waals surface area (Å²) in [5, 5.41) is 13.5. The van der Waals surface area contributed by atoms with Crippen molar-refractivity contribution < 1.29 is 18.4 Å². The molecule has 18 heteroatoms. The van der Waals surface area contributed by atoms with E-state index in [-0.39, 0.29) is 33.1 Å². The fraction of sp³-hybridized carbons (Fsp3) is 0. The molecular weight excluding hydrogens is 729 g/mol. The average molecular weight is 741 g/mol. The van der Waals surface area contributed by atoms with E-state index in [0.717, 1.165) is 12.1 Å². The van der Waals surface area contributed by atoms with E-state index < -0.39 is 23.7 Å². The molecule has 6 rings (SSSR count). The van der Waals surface area contributed by atoms with Crippen molar-refractivity contribution in [2.75, 3.05) is 10.6 Å². The summed E-state index contributed by atoms with van der Waals surface area (Å²) in [4.78, 5) is 39.4. The maximum atomic E-state index is 13.0. The number of carbonyl (C=O) groups is 2.